The molecular formula is C90H54N8. The van der Waals surface area contributed by atoms with Gasteiger partial charge in [0.05, 0.1) is 51.9 Å². The van der Waals surface area contributed by atoms with E-state index in [1.54, 1.807) is 0 Å². The Bertz CT molecular complexity index is 5580. The Balaban J connectivity index is 0.888. The van der Waals surface area contributed by atoms with Gasteiger partial charge in [0.2, 0.25) is 0 Å². The standard InChI is InChI=1S/C90H54N8/c1-93-72-40-34-65(35-41-72)79-55-74(98-86-48-38-69(61-20-10-4-11-21-61)52-82(86)83-53-70(39-49-87(83)98)62-22-12-5-13-23-62)43-45-77(79)90-95-88(66-32-30-63(31-33-66)75-25-15-14-24-71(75)57-92)94-89(96-90)76-44-42-73(54-78(76)64-28-26-58(56-91)27-29-64)97-84-46-36-67(59-16-6-2-7-17-59)50-80(84)81-51-68(37-47-85(81)97)60-18-8-3-9-19-60/h2-55H. The maximum Gasteiger partial charge on any atom is 0.187 e. The summed E-state index contributed by atoms with van der Waals surface area (Å²) < 4.78 is 4.69. The Morgan fingerprint density at radius 3 is 0.990 bits per heavy atom. The first-order valence-electron chi connectivity index (χ1n) is 32.4. The van der Waals surface area contributed by atoms with Gasteiger partial charge in [-0.25, -0.2) is 19.8 Å². The maximum absolute atomic E-state index is 10.2. The quantitative estimate of drug-likeness (QED) is 0.113. The first-order valence-corrected chi connectivity index (χ1v) is 32.4. The van der Waals surface area contributed by atoms with Crippen molar-refractivity contribution in [3.63, 3.8) is 0 Å². The number of rotatable bonds is 12. The molecule has 98 heavy (non-hydrogen) atoms. The highest BCUT2D eigenvalue weighted by atomic mass is 15.0. The molecule has 0 amide bonds. The van der Waals surface area contributed by atoms with Crippen LogP contribution in [0, 0.1) is 29.2 Å². The van der Waals surface area contributed by atoms with Gasteiger partial charge in [-0.1, -0.05) is 224 Å². The number of aromatic nitrogens is 5. The topological polar surface area (TPSA) is 100 Å². The van der Waals surface area contributed by atoms with Crippen LogP contribution in [0.2, 0.25) is 0 Å². The molecule has 3 aromatic heterocycles. The predicted octanol–water partition coefficient (Wildman–Crippen LogP) is 23.0. The van der Waals surface area contributed by atoms with Crippen LogP contribution in [0.15, 0.2) is 328 Å². The van der Waals surface area contributed by atoms with Crippen molar-refractivity contribution in [1.82, 2.24) is 24.1 Å². The Hall–Kier alpha value is -13.8. The third-order valence-corrected chi connectivity index (χ3v) is 18.7. The Morgan fingerprint density at radius 1 is 0.265 bits per heavy atom. The summed E-state index contributed by atoms with van der Waals surface area (Å²) in [5, 5.41) is 24.8. The minimum Gasteiger partial charge on any atom is -0.309 e. The second-order valence-corrected chi connectivity index (χ2v) is 24.4. The SMILES string of the molecule is [C-]#[N+]c1ccc(-c2cc(-n3c4ccc(-c5ccccc5)cc4c4cc(-c5ccccc5)ccc43)ccc2-c2nc(-c3ccc(-c4ccccc4C#N)cc3)nc(-c3ccc(-n4c5ccc(-c6ccccc6)cc5c5cc(-c6ccccc6)ccc54)cc3-c3ccc(C#N)cc3)n2)cc1. The van der Waals surface area contributed by atoms with Gasteiger partial charge in [-0.3, -0.25) is 0 Å². The van der Waals surface area contributed by atoms with Gasteiger partial charge in [0, 0.05) is 49.6 Å². The van der Waals surface area contributed by atoms with Crippen molar-refractivity contribution in [1.29, 1.82) is 10.5 Å². The van der Waals surface area contributed by atoms with Crippen LogP contribution in [0.1, 0.15) is 11.1 Å². The molecule has 8 heteroatoms. The van der Waals surface area contributed by atoms with Gasteiger partial charge < -0.3 is 9.13 Å². The number of nitrogens with zero attached hydrogens (tertiary/aromatic N) is 8. The van der Waals surface area contributed by atoms with Crippen LogP contribution in [-0.2, 0) is 0 Å². The third-order valence-electron chi connectivity index (χ3n) is 18.7. The highest BCUT2D eigenvalue weighted by Crippen LogP contribution is 2.44. The number of hydrogen-bond acceptors (Lipinski definition) is 5. The summed E-state index contributed by atoms with van der Waals surface area (Å²) >= 11 is 0. The van der Waals surface area contributed by atoms with Crippen molar-refractivity contribution in [3.8, 4) is 136 Å². The molecule has 14 aromatic carbocycles. The maximum atomic E-state index is 10.2. The van der Waals surface area contributed by atoms with Gasteiger partial charge in [-0.2, -0.15) is 10.5 Å². The van der Waals surface area contributed by atoms with Gasteiger partial charge in [-0.15, -0.1) is 0 Å². The van der Waals surface area contributed by atoms with E-state index in [1.165, 1.54) is 0 Å². The minimum absolute atomic E-state index is 0.432. The Morgan fingerprint density at radius 2 is 0.602 bits per heavy atom. The van der Waals surface area contributed by atoms with Crippen LogP contribution < -0.4 is 0 Å². The molecular weight excluding hydrogens is 1190 g/mol. The van der Waals surface area contributed by atoms with Gasteiger partial charge in [-0.05, 0) is 181 Å². The van der Waals surface area contributed by atoms with Crippen LogP contribution in [0.4, 0.5) is 5.69 Å². The minimum atomic E-state index is 0.432. The Kier molecular flexibility index (Phi) is 14.5. The van der Waals surface area contributed by atoms with E-state index in [4.69, 9.17) is 21.5 Å². The highest BCUT2D eigenvalue weighted by Gasteiger charge is 2.24. The average molecular weight is 1250 g/mol. The lowest BCUT2D eigenvalue weighted by molar-refractivity contribution is 1.07. The van der Waals surface area contributed by atoms with E-state index in [2.05, 4.69) is 232 Å². The molecule has 0 fully saturated rings. The summed E-state index contributed by atoms with van der Waals surface area (Å²) in [6.07, 6.45) is 0. The van der Waals surface area contributed by atoms with Crippen LogP contribution in [0.25, 0.3) is 172 Å². The molecule has 0 saturated heterocycles. The first-order chi connectivity index (χ1) is 48.4. The number of nitriles is 2. The fraction of sp³-hybridized carbons (Fsp3) is 0. The average Bonchev–Trinajstić information content (AvgIpc) is 1.58. The summed E-state index contributed by atoms with van der Waals surface area (Å²) in [5.41, 5.74) is 24.1. The van der Waals surface area contributed by atoms with E-state index < -0.39 is 0 Å². The van der Waals surface area contributed by atoms with Gasteiger partial charge in [0.25, 0.3) is 0 Å². The molecule has 8 nitrogen and oxygen atoms in total. The van der Waals surface area contributed by atoms with E-state index in [1.807, 2.05) is 121 Å². The summed E-state index contributed by atoms with van der Waals surface area (Å²) in [7, 11) is 0. The lowest BCUT2D eigenvalue weighted by Gasteiger charge is -2.17. The molecule has 0 atom stereocenters. The number of fused-ring (bicyclic) bond motifs is 6. The molecule has 0 saturated carbocycles. The number of hydrogen-bond donors (Lipinski definition) is 0. The fourth-order valence-corrected chi connectivity index (χ4v) is 13.9. The zero-order valence-corrected chi connectivity index (χ0v) is 52.8. The molecule has 0 bridgehead atoms. The van der Waals surface area contributed by atoms with Crippen molar-refractivity contribution >= 4 is 49.3 Å². The van der Waals surface area contributed by atoms with Gasteiger partial charge >= 0.3 is 0 Å². The third kappa shape index (κ3) is 10.5. The van der Waals surface area contributed by atoms with Crippen LogP contribution >= 0.6 is 0 Å². The molecule has 0 unspecified atom stereocenters. The van der Waals surface area contributed by atoms with E-state index in [-0.39, 0.29) is 0 Å². The lowest BCUT2D eigenvalue weighted by Crippen LogP contribution is -2.03. The van der Waals surface area contributed by atoms with Crippen molar-refractivity contribution in [2.45, 2.75) is 0 Å². The second-order valence-electron chi connectivity index (χ2n) is 24.4. The number of benzene rings is 14. The van der Waals surface area contributed by atoms with E-state index in [0.29, 0.717) is 34.3 Å². The molecule has 0 spiro atoms. The molecule has 17 aromatic rings. The monoisotopic (exact) mass is 1250 g/mol. The molecule has 0 radical (unpaired) electrons. The van der Waals surface area contributed by atoms with Crippen LogP contribution in [-0.4, -0.2) is 24.1 Å². The lowest BCUT2D eigenvalue weighted by atomic mass is 9.96. The van der Waals surface area contributed by atoms with Gasteiger partial charge in [0.1, 0.15) is 0 Å². The summed E-state index contributed by atoms with van der Waals surface area (Å²) in [5.74, 6) is 1.30. The molecule has 0 aliphatic carbocycles. The molecule has 0 N–H and O–H groups in total. The van der Waals surface area contributed by atoms with Crippen molar-refractivity contribution in [2.24, 2.45) is 0 Å². The molecule has 454 valence electrons. The van der Waals surface area contributed by atoms with E-state index >= 15 is 0 Å². The molecule has 3 heterocycles. The largest absolute Gasteiger partial charge is 0.309 e. The van der Waals surface area contributed by atoms with Crippen molar-refractivity contribution in [2.75, 3.05) is 0 Å². The van der Waals surface area contributed by atoms with Crippen molar-refractivity contribution in [3.05, 3.63) is 350 Å². The molecule has 0 aliphatic heterocycles. The van der Waals surface area contributed by atoms with E-state index in [9.17, 15) is 10.5 Å². The first kappa shape index (κ1) is 58.0. The molecule has 0 aliphatic rings. The van der Waals surface area contributed by atoms with E-state index in [0.717, 1.165) is 150 Å². The smallest absolute Gasteiger partial charge is 0.187 e. The van der Waals surface area contributed by atoms with Crippen LogP contribution in [0.3, 0.4) is 0 Å². The predicted molar refractivity (Wildman–Crippen MR) is 399 cm³/mol. The summed E-state index contributed by atoms with van der Waals surface area (Å²) in [6.45, 7) is 7.98. The normalized spacial score (nSPS) is 11.2. The van der Waals surface area contributed by atoms with Crippen molar-refractivity contribution < 1.29 is 0 Å². The summed E-state index contributed by atoms with van der Waals surface area (Å²) in [4.78, 5) is 20.3. The molecule has 17 rings (SSSR count). The zero-order chi connectivity index (χ0) is 65.6. The fourth-order valence-electron chi connectivity index (χ4n) is 13.9. The Labute approximate surface area is 566 Å². The van der Waals surface area contributed by atoms with Crippen LogP contribution in [0.5, 0.6) is 0 Å². The zero-order valence-electron chi connectivity index (χ0n) is 52.8. The highest BCUT2D eigenvalue weighted by molar-refractivity contribution is 6.13. The van der Waals surface area contributed by atoms with Gasteiger partial charge in [0.15, 0.2) is 23.2 Å². The second kappa shape index (κ2) is 24.6. The summed E-state index contributed by atoms with van der Waals surface area (Å²) in [6, 6.07) is 118.